The van der Waals surface area contributed by atoms with Crippen molar-refractivity contribution in [2.45, 2.75) is 56.9 Å². The summed E-state index contributed by atoms with van der Waals surface area (Å²) in [6, 6.07) is 4.75. The lowest BCUT2D eigenvalue weighted by Crippen LogP contribution is -2.58. The molecule has 2 rings (SSSR count). The quantitative estimate of drug-likeness (QED) is 0.755. The molecule has 2 unspecified atom stereocenters. The molecule has 1 aromatic rings. The zero-order valence-corrected chi connectivity index (χ0v) is 15.4. The number of nitrogens with one attached hydrogen (secondary N) is 2. The van der Waals surface area contributed by atoms with Crippen molar-refractivity contribution < 1.29 is 13.2 Å². The molecule has 2 atom stereocenters. The SMILES string of the molecule is CC(=O)Nc1cc(S(=O)(=O)NC2(CN)CCCCC2C)ccc1C. The standard InChI is InChI=1S/C17H27N3O3S/c1-12-7-8-15(10-16(12)19-14(3)21)24(22,23)20-17(11-18)9-5-4-6-13(17)2/h7-8,10,13,20H,4-6,9,11,18H2,1-3H3,(H,19,21). The van der Waals surface area contributed by atoms with Gasteiger partial charge >= 0.3 is 0 Å². The fourth-order valence-electron chi connectivity index (χ4n) is 3.33. The predicted molar refractivity (Wildman–Crippen MR) is 95.2 cm³/mol. The third-order valence-corrected chi connectivity index (χ3v) is 6.54. The maximum Gasteiger partial charge on any atom is 0.241 e. The summed E-state index contributed by atoms with van der Waals surface area (Å²) >= 11 is 0. The van der Waals surface area contributed by atoms with Gasteiger partial charge in [0.1, 0.15) is 0 Å². The molecule has 1 aliphatic carbocycles. The van der Waals surface area contributed by atoms with E-state index in [4.69, 9.17) is 5.73 Å². The smallest absolute Gasteiger partial charge is 0.241 e. The van der Waals surface area contributed by atoms with Crippen LogP contribution in [0.1, 0.15) is 45.1 Å². The van der Waals surface area contributed by atoms with Crippen LogP contribution >= 0.6 is 0 Å². The number of carbonyl (C=O) groups excluding carboxylic acids is 1. The predicted octanol–water partition coefficient (Wildman–Crippen LogP) is 2.14. The summed E-state index contributed by atoms with van der Waals surface area (Å²) < 4.78 is 28.6. The highest BCUT2D eigenvalue weighted by Crippen LogP contribution is 2.34. The van der Waals surface area contributed by atoms with Crippen LogP contribution in [0.2, 0.25) is 0 Å². The molecule has 0 aromatic heterocycles. The van der Waals surface area contributed by atoms with E-state index in [-0.39, 0.29) is 23.3 Å². The summed E-state index contributed by atoms with van der Waals surface area (Å²) in [5.74, 6) is -0.0498. The molecule has 1 fully saturated rings. The van der Waals surface area contributed by atoms with Crippen LogP contribution in [0.25, 0.3) is 0 Å². The van der Waals surface area contributed by atoms with Crippen LogP contribution in [0.3, 0.4) is 0 Å². The van der Waals surface area contributed by atoms with Crippen molar-refractivity contribution in [3.8, 4) is 0 Å². The number of benzene rings is 1. The van der Waals surface area contributed by atoms with Gasteiger partial charge in [-0.05, 0) is 43.4 Å². The lowest BCUT2D eigenvalue weighted by Gasteiger charge is -2.42. The van der Waals surface area contributed by atoms with E-state index < -0.39 is 15.6 Å². The van der Waals surface area contributed by atoms with Gasteiger partial charge in [-0.2, -0.15) is 0 Å². The van der Waals surface area contributed by atoms with Gasteiger partial charge in [-0.15, -0.1) is 0 Å². The van der Waals surface area contributed by atoms with E-state index >= 15 is 0 Å². The Morgan fingerprint density at radius 3 is 2.67 bits per heavy atom. The molecular weight excluding hydrogens is 326 g/mol. The van der Waals surface area contributed by atoms with Gasteiger partial charge in [-0.3, -0.25) is 4.79 Å². The van der Waals surface area contributed by atoms with Crippen molar-refractivity contribution in [1.82, 2.24) is 4.72 Å². The number of amides is 1. The third kappa shape index (κ3) is 3.96. The summed E-state index contributed by atoms with van der Waals surface area (Å²) in [4.78, 5) is 11.4. The number of carbonyl (C=O) groups is 1. The molecule has 24 heavy (non-hydrogen) atoms. The highest BCUT2D eigenvalue weighted by molar-refractivity contribution is 7.89. The zero-order chi connectivity index (χ0) is 18.0. The lowest BCUT2D eigenvalue weighted by molar-refractivity contribution is -0.114. The number of sulfonamides is 1. The van der Waals surface area contributed by atoms with E-state index in [1.54, 1.807) is 12.1 Å². The van der Waals surface area contributed by atoms with Crippen LogP contribution in [0.4, 0.5) is 5.69 Å². The molecule has 1 aliphatic rings. The molecule has 134 valence electrons. The van der Waals surface area contributed by atoms with Crippen molar-refractivity contribution in [2.75, 3.05) is 11.9 Å². The molecular formula is C17H27N3O3S. The van der Waals surface area contributed by atoms with Crippen molar-refractivity contribution in [3.05, 3.63) is 23.8 Å². The summed E-state index contributed by atoms with van der Waals surface area (Å²) in [5, 5.41) is 2.67. The first-order valence-electron chi connectivity index (χ1n) is 8.32. The Morgan fingerprint density at radius 1 is 1.38 bits per heavy atom. The number of aryl methyl sites for hydroxylation is 1. The zero-order valence-electron chi connectivity index (χ0n) is 14.6. The molecule has 0 radical (unpaired) electrons. The van der Waals surface area contributed by atoms with Crippen molar-refractivity contribution in [1.29, 1.82) is 0 Å². The van der Waals surface area contributed by atoms with E-state index in [2.05, 4.69) is 10.0 Å². The van der Waals surface area contributed by atoms with Crippen LogP contribution in [0.15, 0.2) is 23.1 Å². The highest BCUT2D eigenvalue weighted by atomic mass is 32.2. The lowest BCUT2D eigenvalue weighted by atomic mass is 9.74. The third-order valence-electron chi connectivity index (χ3n) is 4.99. The Morgan fingerprint density at radius 2 is 2.08 bits per heavy atom. The number of rotatable bonds is 5. The second kappa shape index (κ2) is 7.21. The fraction of sp³-hybridized carbons (Fsp3) is 0.588. The van der Waals surface area contributed by atoms with E-state index in [0.717, 1.165) is 31.2 Å². The van der Waals surface area contributed by atoms with Gasteiger partial charge in [-0.1, -0.05) is 25.8 Å². The molecule has 0 saturated heterocycles. The molecule has 6 nitrogen and oxygen atoms in total. The van der Waals surface area contributed by atoms with Gasteiger partial charge in [0, 0.05) is 24.7 Å². The Bertz CT molecular complexity index is 718. The minimum absolute atomic E-state index is 0.141. The van der Waals surface area contributed by atoms with E-state index in [1.165, 1.54) is 13.0 Å². The largest absolute Gasteiger partial charge is 0.329 e. The van der Waals surface area contributed by atoms with Crippen molar-refractivity contribution >= 4 is 21.6 Å². The first-order valence-corrected chi connectivity index (χ1v) is 9.81. The van der Waals surface area contributed by atoms with Crippen molar-refractivity contribution in [3.63, 3.8) is 0 Å². The van der Waals surface area contributed by atoms with Gasteiger partial charge in [-0.25, -0.2) is 13.1 Å². The van der Waals surface area contributed by atoms with Crippen LogP contribution in [0.5, 0.6) is 0 Å². The van der Waals surface area contributed by atoms with Gasteiger partial charge in [0.2, 0.25) is 15.9 Å². The Kier molecular flexibility index (Phi) is 5.67. The molecule has 7 heteroatoms. The second-order valence-corrected chi connectivity index (χ2v) is 8.45. The normalized spacial score (nSPS) is 24.6. The average Bonchev–Trinajstić information content (AvgIpc) is 2.51. The Hall–Kier alpha value is -1.44. The minimum atomic E-state index is -3.72. The van der Waals surface area contributed by atoms with E-state index in [9.17, 15) is 13.2 Å². The molecule has 0 spiro atoms. The average molecular weight is 353 g/mol. The summed E-state index contributed by atoms with van der Waals surface area (Å²) in [6.07, 6.45) is 3.77. The maximum absolute atomic E-state index is 12.9. The first kappa shape index (κ1) is 18.9. The summed E-state index contributed by atoms with van der Waals surface area (Å²) in [5.41, 5.74) is 6.66. The van der Waals surface area contributed by atoms with Crippen LogP contribution in [-0.4, -0.2) is 26.4 Å². The van der Waals surface area contributed by atoms with Crippen LogP contribution < -0.4 is 15.8 Å². The molecule has 1 amide bonds. The second-order valence-electron chi connectivity index (χ2n) is 6.77. The van der Waals surface area contributed by atoms with Crippen LogP contribution in [-0.2, 0) is 14.8 Å². The Labute approximate surface area is 144 Å². The number of hydrogen-bond acceptors (Lipinski definition) is 4. The molecule has 4 N–H and O–H groups in total. The fourth-order valence-corrected chi connectivity index (χ4v) is 4.89. The highest BCUT2D eigenvalue weighted by Gasteiger charge is 2.40. The minimum Gasteiger partial charge on any atom is -0.329 e. The van der Waals surface area contributed by atoms with Gasteiger partial charge in [0.25, 0.3) is 0 Å². The number of nitrogens with two attached hydrogens (primary N) is 1. The summed E-state index contributed by atoms with van der Waals surface area (Å²) in [7, 11) is -3.72. The molecule has 0 heterocycles. The van der Waals surface area contributed by atoms with E-state index in [1.807, 2.05) is 13.8 Å². The van der Waals surface area contributed by atoms with Crippen LogP contribution in [0, 0.1) is 12.8 Å². The summed E-state index contributed by atoms with van der Waals surface area (Å²) in [6.45, 7) is 5.54. The monoisotopic (exact) mass is 353 g/mol. The Balaban J connectivity index is 2.34. The number of hydrogen-bond donors (Lipinski definition) is 3. The van der Waals surface area contributed by atoms with Gasteiger partial charge < -0.3 is 11.1 Å². The van der Waals surface area contributed by atoms with E-state index in [0.29, 0.717) is 5.69 Å². The van der Waals surface area contributed by atoms with Gasteiger partial charge in [0.15, 0.2) is 0 Å². The maximum atomic E-state index is 12.9. The molecule has 0 aliphatic heterocycles. The molecule has 0 bridgehead atoms. The molecule has 1 aromatic carbocycles. The van der Waals surface area contributed by atoms with Crippen molar-refractivity contribution in [2.24, 2.45) is 11.7 Å². The topological polar surface area (TPSA) is 101 Å². The number of anilines is 1. The first-order chi connectivity index (χ1) is 11.2. The molecule has 1 saturated carbocycles. The van der Waals surface area contributed by atoms with Gasteiger partial charge in [0.05, 0.1) is 4.90 Å².